The van der Waals surface area contributed by atoms with Crippen LogP contribution in [0.1, 0.15) is 51.1 Å². The number of carboxylic acids is 1. The lowest BCUT2D eigenvalue weighted by atomic mass is 10.1. The number of carbonyl (C=O) groups excluding carboxylic acids is 1. The van der Waals surface area contributed by atoms with Crippen molar-refractivity contribution in [3.05, 3.63) is 21.4 Å². The highest BCUT2D eigenvalue weighted by Gasteiger charge is 2.14. The molecule has 0 unspecified atom stereocenters. The average molecular weight is 226 g/mol. The number of rotatable bonds is 6. The molecule has 0 fully saturated rings. The zero-order valence-electron chi connectivity index (χ0n) is 8.66. The molecule has 0 bridgehead atoms. The van der Waals surface area contributed by atoms with Gasteiger partial charge in [0, 0.05) is 0 Å². The second-order valence-electron chi connectivity index (χ2n) is 3.38. The fraction of sp³-hybridized carbons (Fsp3) is 0.455. The van der Waals surface area contributed by atoms with Crippen LogP contribution in [-0.4, -0.2) is 17.4 Å². The Morgan fingerprint density at radius 1 is 1.53 bits per heavy atom. The van der Waals surface area contributed by atoms with Crippen LogP contribution in [0, 0.1) is 0 Å². The molecule has 1 aromatic heterocycles. The van der Waals surface area contributed by atoms with Gasteiger partial charge in [0.05, 0.1) is 4.88 Å². The van der Waals surface area contributed by atoms with Crippen molar-refractivity contribution < 1.29 is 14.7 Å². The number of unbranched alkanes of at least 4 members (excludes halogenated alkanes) is 2. The first-order valence-electron chi connectivity index (χ1n) is 5.00. The van der Waals surface area contributed by atoms with E-state index >= 15 is 0 Å². The number of hydrogen-bond acceptors (Lipinski definition) is 3. The van der Waals surface area contributed by atoms with Gasteiger partial charge in [-0.2, -0.15) is 0 Å². The monoisotopic (exact) mass is 226 g/mol. The van der Waals surface area contributed by atoms with Gasteiger partial charge in [-0.05, 0) is 24.5 Å². The molecule has 1 rings (SSSR count). The van der Waals surface area contributed by atoms with Crippen LogP contribution in [0.3, 0.4) is 0 Å². The van der Waals surface area contributed by atoms with Gasteiger partial charge in [-0.25, -0.2) is 4.79 Å². The molecule has 15 heavy (non-hydrogen) atoms. The summed E-state index contributed by atoms with van der Waals surface area (Å²) in [6, 6.07) is 1.69. The molecule has 0 saturated heterocycles. The third kappa shape index (κ3) is 3.16. The van der Waals surface area contributed by atoms with E-state index in [2.05, 4.69) is 6.92 Å². The number of aryl methyl sites for hydroxylation is 1. The fourth-order valence-electron chi connectivity index (χ4n) is 1.44. The van der Waals surface area contributed by atoms with E-state index < -0.39 is 5.97 Å². The number of hydrogen-bond donors (Lipinski definition) is 1. The highest BCUT2D eigenvalue weighted by molar-refractivity contribution is 7.15. The molecule has 82 valence electrons. The van der Waals surface area contributed by atoms with Gasteiger partial charge in [-0.15, -0.1) is 11.3 Å². The van der Waals surface area contributed by atoms with Gasteiger partial charge in [0.2, 0.25) is 0 Å². The normalized spacial score (nSPS) is 10.2. The number of carboxylic acid groups (broad SMARTS) is 1. The molecule has 0 spiro atoms. The van der Waals surface area contributed by atoms with E-state index in [0.29, 0.717) is 16.0 Å². The Bertz CT molecular complexity index is 355. The fourth-order valence-corrected chi connectivity index (χ4v) is 2.30. The number of carbonyl (C=O) groups is 2. The van der Waals surface area contributed by atoms with Crippen LogP contribution < -0.4 is 0 Å². The second-order valence-corrected chi connectivity index (χ2v) is 4.47. The Morgan fingerprint density at radius 2 is 2.27 bits per heavy atom. The van der Waals surface area contributed by atoms with Crippen LogP contribution in [0.25, 0.3) is 0 Å². The summed E-state index contributed by atoms with van der Waals surface area (Å²) >= 11 is 1.06. The molecule has 0 aliphatic heterocycles. The van der Waals surface area contributed by atoms with Crippen molar-refractivity contribution in [2.45, 2.75) is 32.6 Å². The average Bonchev–Trinajstić information content (AvgIpc) is 2.62. The maximum atomic E-state index is 10.9. The lowest BCUT2D eigenvalue weighted by molar-refractivity contribution is 0.0701. The van der Waals surface area contributed by atoms with E-state index in [4.69, 9.17) is 5.11 Å². The molecule has 1 heterocycles. The molecule has 0 atom stereocenters. The lowest BCUT2D eigenvalue weighted by Gasteiger charge is -1.98. The molecule has 0 saturated carbocycles. The minimum Gasteiger partial charge on any atom is -0.477 e. The Kier molecular flexibility index (Phi) is 4.49. The maximum absolute atomic E-state index is 10.9. The van der Waals surface area contributed by atoms with Gasteiger partial charge in [0.1, 0.15) is 4.88 Å². The van der Waals surface area contributed by atoms with Gasteiger partial charge in [0.15, 0.2) is 6.29 Å². The molecule has 1 N–H and O–H groups in total. The second kappa shape index (κ2) is 5.66. The zero-order chi connectivity index (χ0) is 11.3. The highest BCUT2D eigenvalue weighted by Crippen LogP contribution is 2.23. The summed E-state index contributed by atoms with van der Waals surface area (Å²) in [6.07, 6.45) is 4.63. The Balaban J connectivity index is 2.79. The van der Waals surface area contributed by atoms with Crippen molar-refractivity contribution in [3.63, 3.8) is 0 Å². The van der Waals surface area contributed by atoms with Crippen molar-refractivity contribution >= 4 is 23.6 Å². The summed E-state index contributed by atoms with van der Waals surface area (Å²) in [5.41, 5.74) is 0.794. The first-order chi connectivity index (χ1) is 7.19. The van der Waals surface area contributed by atoms with Gasteiger partial charge in [0.25, 0.3) is 0 Å². The summed E-state index contributed by atoms with van der Waals surface area (Å²) in [6.45, 7) is 2.10. The summed E-state index contributed by atoms with van der Waals surface area (Å²) in [5.74, 6) is -0.931. The molecular formula is C11H14O3S. The third-order valence-corrected chi connectivity index (χ3v) is 3.28. The lowest BCUT2D eigenvalue weighted by Crippen LogP contribution is -1.97. The summed E-state index contributed by atoms with van der Waals surface area (Å²) in [5, 5.41) is 8.93. The van der Waals surface area contributed by atoms with Crippen molar-refractivity contribution in [1.29, 1.82) is 0 Å². The van der Waals surface area contributed by atoms with Gasteiger partial charge in [-0.1, -0.05) is 19.8 Å². The first kappa shape index (κ1) is 11.9. The van der Waals surface area contributed by atoms with E-state index in [1.807, 2.05) is 0 Å². The number of thiophene rings is 1. The van der Waals surface area contributed by atoms with E-state index in [9.17, 15) is 9.59 Å². The molecule has 0 radical (unpaired) electrons. The number of aldehydes is 1. The van der Waals surface area contributed by atoms with Crippen LogP contribution in [0.4, 0.5) is 0 Å². The Morgan fingerprint density at radius 3 is 2.80 bits per heavy atom. The van der Waals surface area contributed by atoms with Gasteiger partial charge in [-0.3, -0.25) is 4.79 Å². The van der Waals surface area contributed by atoms with E-state index in [1.165, 1.54) is 0 Å². The van der Waals surface area contributed by atoms with Crippen LogP contribution in [0.2, 0.25) is 0 Å². The van der Waals surface area contributed by atoms with Gasteiger partial charge < -0.3 is 5.11 Å². The summed E-state index contributed by atoms with van der Waals surface area (Å²) < 4.78 is 0. The van der Waals surface area contributed by atoms with E-state index in [1.54, 1.807) is 6.07 Å². The quantitative estimate of drug-likeness (QED) is 0.599. The van der Waals surface area contributed by atoms with Crippen LogP contribution in [0.5, 0.6) is 0 Å². The number of aromatic carboxylic acids is 1. The maximum Gasteiger partial charge on any atom is 0.346 e. The van der Waals surface area contributed by atoms with E-state index in [-0.39, 0.29) is 0 Å². The van der Waals surface area contributed by atoms with Crippen LogP contribution in [-0.2, 0) is 6.42 Å². The molecule has 0 aromatic carbocycles. The SMILES string of the molecule is CCCCCc1cc(C=O)sc1C(=O)O. The largest absolute Gasteiger partial charge is 0.477 e. The van der Waals surface area contributed by atoms with E-state index in [0.717, 1.165) is 42.6 Å². The predicted octanol–water partition coefficient (Wildman–Crippen LogP) is 2.99. The topological polar surface area (TPSA) is 54.4 Å². The van der Waals surface area contributed by atoms with Crippen molar-refractivity contribution in [3.8, 4) is 0 Å². The van der Waals surface area contributed by atoms with Crippen LogP contribution >= 0.6 is 11.3 Å². The summed E-state index contributed by atoms with van der Waals surface area (Å²) in [7, 11) is 0. The minimum atomic E-state index is -0.931. The highest BCUT2D eigenvalue weighted by atomic mass is 32.1. The minimum absolute atomic E-state index is 0.313. The predicted molar refractivity (Wildman–Crippen MR) is 59.9 cm³/mol. The third-order valence-electron chi connectivity index (χ3n) is 2.19. The van der Waals surface area contributed by atoms with Gasteiger partial charge >= 0.3 is 5.97 Å². The molecule has 0 aliphatic rings. The Hall–Kier alpha value is -1.16. The summed E-state index contributed by atoms with van der Waals surface area (Å²) in [4.78, 5) is 22.2. The zero-order valence-corrected chi connectivity index (χ0v) is 9.47. The molecule has 1 aromatic rings. The van der Waals surface area contributed by atoms with Crippen molar-refractivity contribution in [1.82, 2.24) is 0 Å². The molecular weight excluding hydrogens is 212 g/mol. The van der Waals surface area contributed by atoms with Crippen LogP contribution in [0.15, 0.2) is 6.07 Å². The standard InChI is InChI=1S/C11H14O3S/c1-2-3-4-5-8-6-9(7-12)15-10(8)11(13)14/h6-7H,2-5H2,1H3,(H,13,14). The van der Waals surface area contributed by atoms with Crippen molar-refractivity contribution in [2.24, 2.45) is 0 Å². The molecule has 4 heteroatoms. The Labute approximate surface area is 92.7 Å². The smallest absolute Gasteiger partial charge is 0.346 e. The van der Waals surface area contributed by atoms with Crippen molar-refractivity contribution in [2.75, 3.05) is 0 Å². The first-order valence-corrected chi connectivity index (χ1v) is 5.81. The molecule has 0 aliphatic carbocycles. The molecule has 0 amide bonds. The molecule has 3 nitrogen and oxygen atoms in total.